The fourth-order valence-electron chi connectivity index (χ4n) is 1.38. The second kappa shape index (κ2) is 4.80. The van der Waals surface area contributed by atoms with Crippen molar-refractivity contribution in [1.82, 2.24) is 4.90 Å². The van der Waals surface area contributed by atoms with Crippen LogP contribution in [0.5, 0.6) is 0 Å². The molecule has 1 atom stereocenters. The molecule has 1 rings (SSSR count). The van der Waals surface area contributed by atoms with E-state index in [0.29, 0.717) is 6.54 Å². The summed E-state index contributed by atoms with van der Waals surface area (Å²) in [5.41, 5.74) is 5.51. The Labute approximate surface area is 85.2 Å². The summed E-state index contributed by atoms with van der Waals surface area (Å²) in [7, 11) is 0. The monoisotopic (exact) mass is 226 g/mol. The molecule has 0 aromatic rings. The Morgan fingerprint density at radius 1 is 1.53 bits per heavy atom. The molecule has 4 nitrogen and oxygen atoms in total. The van der Waals surface area contributed by atoms with Gasteiger partial charge in [0.25, 0.3) is 0 Å². The van der Waals surface area contributed by atoms with Crippen molar-refractivity contribution in [2.45, 2.75) is 18.6 Å². The van der Waals surface area contributed by atoms with Crippen molar-refractivity contribution in [2.24, 2.45) is 5.73 Å². The van der Waals surface area contributed by atoms with Crippen LogP contribution in [-0.4, -0.2) is 49.3 Å². The topological polar surface area (TPSA) is 55.6 Å². The van der Waals surface area contributed by atoms with Gasteiger partial charge < -0.3 is 15.4 Å². The second-order valence-corrected chi connectivity index (χ2v) is 3.47. The van der Waals surface area contributed by atoms with Crippen LogP contribution in [0.2, 0.25) is 0 Å². The minimum absolute atomic E-state index is 0.113. The number of amides is 1. The van der Waals surface area contributed by atoms with Crippen LogP contribution in [0.25, 0.3) is 0 Å². The van der Waals surface area contributed by atoms with E-state index in [0.717, 1.165) is 0 Å². The van der Waals surface area contributed by atoms with Crippen LogP contribution in [0.1, 0.15) is 6.42 Å². The van der Waals surface area contributed by atoms with Gasteiger partial charge in [-0.1, -0.05) is 0 Å². The number of hydrogen-bond donors (Lipinski definition) is 1. The Morgan fingerprint density at radius 2 is 2.20 bits per heavy atom. The van der Waals surface area contributed by atoms with Gasteiger partial charge in [0.05, 0.1) is 6.61 Å². The molecular weight excluding hydrogens is 213 g/mol. The van der Waals surface area contributed by atoms with Crippen molar-refractivity contribution in [2.75, 3.05) is 26.3 Å². The Balaban J connectivity index is 2.13. The van der Waals surface area contributed by atoms with E-state index in [1.165, 1.54) is 4.90 Å². The summed E-state index contributed by atoms with van der Waals surface area (Å²) in [5, 5.41) is 0. The molecular formula is C8H13F3N2O2. The average Bonchev–Trinajstić information content (AvgIpc) is 2.37. The smallest absolute Gasteiger partial charge is 0.370 e. The predicted molar refractivity (Wildman–Crippen MR) is 46.0 cm³/mol. The Morgan fingerprint density at radius 3 is 2.67 bits per heavy atom. The molecule has 0 aromatic heterocycles. The summed E-state index contributed by atoms with van der Waals surface area (Å²) in [6.07, 6.45) is -4.05. The van der Waals surface area contributed by atoms with Gasteiger partial charge in [-0.25, -0.2) is 0 Å². The molecule has 0 aromatic carbocycles. The van der Waals surface area contributed by atoms with E-state index < -0.39 is 12.8 Å². The lowest BCUT2D eigenvalue weighted by Gasteiger charge is -2.16. The van der Waals surface area contributed by atoms with E-state index in [1.54, 1.807) is 0 Å². The number of nitrogens with two attached hydrogens (primary N) is 1. The second-order valence-electron chi connectivity index (χ2n) is 3.47. The number of hydrogen-bond acceptors (Lipinski definition) is 3. The number of alkyl halides is 3. The van der Waals surface area contributed by atoms with Crippen LogP contribution in [-0.2, 0) is 9.53 Å². The summed E-state index contributed by atoms with van der Waals surface area (Å²) in [6.45, 7) is -0.824. The third kappa shape index (κ3) is 4.48. The van der Waals surface area contributed by atoms with E-state index in [9.17, 15) is 18.0 Å². The number of likely N-dealkylation sites (tertiary alicyclic amines) is 1. The normalized spacial score (nSPS) is 22.5. The fourth-order valence-corrected chi connectivity index (χ4v) is 1.38. The average molecular weight is 226 g/mol. The van der Waals surface area contributed by atoms with E-state index in [4.69, 9.17) is 5.73 Å². The van der Waals surface area contributed by atoms with Gasteiger partial charge in [0.2, 0.25) is 5.91 Å². The van der Waals surface area contributed by atoms with Gasteiger partial charge in [-0.3, -0.25) is 4.79 Å². The highest BCUT2D eigenvalue weighted by Crippen LogP contribution is 2.14. The first-order valence-corrected chi connectivity index (χ1v) is 4.56. The van der Waals surface area contributed by atoms with E-state index in [-0.39, 0.29) is 31.5 Å². The molecule has 0 radical (unpaired) electrons. The molecule has 0 aliphatic carbocycles. The SMILES string of the molecule is NC1CC(=O)N(CCOCC(F)(F)F)C1. The van der Waals surface area contributed by atoms with E-state index in [2.05, 4.69) is 4.74 Å². The van der Waals surface area contributed by atoms with Crippen LogP contribution < -0.4 is 5.73 Å². The molecule has 2 N–H and O–H groups in total. The zero-order chi connectivity index (χ0) is 11.5. The maximum atomic E-state index is 11.7. The van der Waals surface area contributed by atoms with Gasteiger partial charge in [0.15, 0.2) is 0 Å². The van der Waals surface area contributed by atoms with E-state index >= 15 is 0 Å². The Hall–Kier alpha value is -0.820. The highest BCUT2D eigenvalue weighted by atomic mass is 19.4. The van der Waals surface area contributed by atoms with Gasteiger partial charge in [0, 0.05) is 25.6 Å². The molecule has 1 unspecified atom stereocenters. The van der Waals surface area contributed by atoms with E-state index in [1.807, 2.05) is 0 Å². The molecule has 1 amide bonds. The highest BCUT2D eigenvalue weighted by molar-refractivity contribution is 5.79. The summed E-state index contributed by atoms with van der Waals surface area (Å²) < 4.78 is 39.4. The molecule has 1 heterocycles. The first-order chi connectivity index (χ1) is 6.88. The lowest BCUT2D eigenvalue weighted by atomic mass is 10.3. The third-order valence-electron chi connectivity index (χ3n) is 2.02. The van der Waals surface area contributed by atoms with Crippen molar-refractivity contribution in [3.63, 3.8) is 0 Å². The Bertz CT molecular complexity index is 232. The number of rotatable bonds is 4. The quantitative estimate of drug-likeness (QED) is 0.693. The summed E-state index contributed by atoms with van der Waals surface area (Å²) >= 11 is 0. The standard InChI is InChI=1S/C8H13F3N2O2/c9-8(10,11)5-15-2-1-13-4-6(12)3-7(13)14/h6H,1-5,12H2. The zero-order valence-corrected chi connectivity index (χ0v) is 8.09. The minimum Gasteiger partial charge on any atom is -0.370 e. The van der Waals surface area contributed by atoms with Crippen molar-refractivity contribution >= 4 is 5.91 Å². The Kier molecular flexibility index (Phi) is 3.92. The largest absolute Gasteiger partial charge is 0.411 e. The van der Waals surface area contributed by atoms with Gasteiger partial charge in [-0.15, -0.1) is 0 Å². The zero-order valence-electron chi connectivity index (χ0n) is 8.09. The molecule has 7 heteroatoms. The number of nitrogens with zero attached hydrogens (tertiary/aromatic N) is 1. The van der Waals surface area contributed by atoms with Crippen LogP contribution in [0.15, 0.2) is 0 Å². The molecule has 1 aliphatic heterocycles. The first-order valence-electron chi connectivity index (χ1n) is 4.56. The molecule has 0 spiro atoms. The summed E-state index contributed by atoms with van der Waals surface area (Å²) in [4.78, 5) is 12.6. The summed E-state index contributed by atoms with van der Waals surface area (Å²) in [5.74, 6) is -0.127. The maximum absolute atomic E-state index is 11.7. The highest BCUT2D eigenvalue weighted by Gasteiger charge is 2.29. The van der Waals surface area contributed by atoms with Gasteiger partial charge in [-0.05, 0) is 0 Å². The maximum Gasteiger partial charge on any atom is 0.411 e. The fraction of sp³-hybridized carbons (Fsp3) is 0.875. The van der Waals surface area contributed by atoms with Crippen molar-refractivity contribution in [1.29, 1.82) is 0 Å². The molecule has 1 aliphatic rings. The van der Waals surface area contributed by atoms with Crippen LogP contribution in [0, 0.1) is 0 Å². The lowest BCUT2D eigenvalue weighted by molar-refractivity contribution is -0.174. The lowest BCUT2D eigenvalue weighted by Crippen LogP contribution is -2.32. The van der Waals surface area contributed by atoms with Crippen molar-refractivity contribution in [3.8, 4) is 0 Å². The molecule has 15 heavy (non-hydrogen) atoms. The number of halogens is 3. The molecule has 1 fully saturated rings. The molecule has 0 bridgehead atoms. The number of carbonyl (C=O) groups is 1. The molecule has 0 saturated carbocycles. The van der Waals surface area contributed by atoms with Crippen molar-refractivity contribution in [3.05, 3.63) is 0 Å². The van der Waals surface area contributed by atoms with Crippen LogP contribution in [0.4, 0.5) is 13.2 Å². The first kappa shape index (κ1) is 12.3. The number of ether oxygens (including phenoxy) is 1. The minimum atomic E-state index is -4.31. The predicted octanol–water partition coefficient (Wildman–Crippen LogP) is 0.125. The van der Waals surface area contributed by atoms with Gasteiger partial charge in [0.1, 0.15) is 6.61 Å². The van der Waals surface area contributed by atoms with Crippen LogP contribution >= 0.6 is 0 Å². The van der Waals surface area contributed by atoms with Gasteiger partial charge in [-0.2, -0.15) is 13.2 Å². The molecule has 88 valence electrons. The summed E-state index contributed by atoms with van der Waals surface area (Å²) in [6, 6.07) is -0.208. The molecule has 1 saturated heterocycles. The number of carbonyl (C=O) groups excluding carboxylic acids is 1. The van der Waals surface area contributed by atoms with Gasteiger partial charge >= 0.3 is 6.18 Å². The van der Waals surface area contributed by atoms with Crippen molar-refractivity contribution < 1.29 is 22.7 Å². The van der Waals surface area contributed by atoms with Crippen LogP contribution in [0.3, 0.4) is 0 Å². The third-order valence-corrected chi connectivity index (χ3v) is 2.02.